The summed E-state index contributed by atoms with van der Waals surface area (Å²) in [5.41, 5.74) is 2.67. The smallest absolute Gasteiger partial charge is 0.348 e. The van der Waals surface area contributed by atoms with Crippen molar-refractivity contribution in [1.82, 2.24) is 20.3 Å². The summed E-state index contributed by atoms with van der Waals surface area (Å²) in [5, 5.41) is 8.91. The highest BCUT2D eigenvalue weighted by Crippen LogP contribution is 2.25. The molecule has 0 saturated heterocycles. The van der Waals surface area contributed by atoms with Crippen molar-refractivity contribution in [3.8, 4) is 11.3 Å². The van der Waals surface area contributed by atoms with Crippen molar-refractivity contribution in [2.75, 3.05) is 11.9 Å². The number of hydrogen-bond acceptors (Lipinski definition) is 7. The van der Waals surface area contributed by atoms with E-state index in [9.17, 15) is 4.79 Å². The fraction of sp³-hybridized carbons (Fsp3) is 0.350. The molecule has 29 heavy (non-hydrogen) atoms. The molecule has 0 bridgehead atoms. The van der Waals surface area contributed by atoms with Crippen LogP contribution in [0.2, 0.25) is 0 Å². The van der Waals surface area contributed by atoms with E-state index in [1.165, 1.54) is 24.2 Å². The number of nitrogens with one attached hydrogen (secondary N) is 2. The van der Waals surface area contributed by atoms with Crippen molar-refractivity contribution in [1.29, 1.82) is 0 Å². The van der Waals surface area contributed by atoms with Crippen LogP contribution in [0, 0.1) is 0 Å². The van der Waals surface area contributed by atoms with E-state index in [0.717, 1.165) is 18.4 Å². The third-order valence-electron chi connectivity index (χ3n) is 4.71. The number of ether oxygens (including phenoxy) is 1. The average molecular weight is 428 g/mol. The number of pyridine rings is 1. The van der Waals surface area contributed by atoms with Crippen molar-refractivity contribution in [2.45, 2.75) is 38.6 Å². The molecule has 9 heteroatoms. The van der Waals surface area contributed by atoms with Crippen LogP contribution in [0.4, 0.5) is 5.82 Å². The van der Waals surface area contributed by atoms with Crippen LogP contribution in [0.25, 0.3) is 22.4 Å². The van der Waals surface area contributed by atoms with Crippen LogP contribution in [0.3, 0.4) is 0 Å². The Kier molecular flexibility index (Phi) is 5.96. The van der Waals surface area contributed by atoms with Gasteiger partial charge in [-0.15, -0.1) is 11.3 Å². The lowest BCUT2D eigenvalue weighted by Crippen LogP contribution is -2.36. The molecule has 0 amide bonds. The lowest BCUT2D eigenvalue weighted by Gasteiger charge is -2.15. The van der Waals surface area contributed by atoms with Crippen molar-refractivity contribution in [2.24, 2.45) is 0 Å². The van der Waals surface area contributed by atoms with E-state index in [4.69, 9.17) is 17.0 Å². The van der Waals surface area contributed by atoms with Gasteiger partial charge in [0.1, 0.15) is 16.2 Å². The highest BCUT2D eigenvalue weighted by atomic mass is 32.1. The molecule has 0 atom stereocenters. The molecule has 0 unspecified atom stereocenters. The Morgan fingerprint density at radius 1 is 1.31 bits per heavy atom. The Labute approximate surface area is 177 Å². The van der Waals surface area contributed by atoms with Crippen LogP contribution in [0.5, 0.6) is 0 Å². The predicted octanol–water partition coefficient (Wildman–Crippen LogP) is 4.16. The van der Waals surface area contributed by atoms with Crippen LogP contribution >= 0.6 is 23.6 Å². The molecule has 0 radical (unpaired) electrons. The number of anilines is 1. The normalized spacial score (nSPS) is 14.1. The molecule has 4 rings (SSSR count). The number of fused-ring (bicyclic) bond motifs is 1. The molecule has 7 nitrogen and oxygen atoms in total. The minimum absolute atomic E-state index is 0.328. The largest absolute Gasteiger partial charge is 0.462 e. The van der Waals surface area contributed by atoms with Gasteiger partial charge in [-0.2, -0.15) is 0 Å². The molecule has 1 aliphatic rings. The fourth-order valence-corrected chi connectivity index (χ4v) is 4.36. The van der Waals surface area contributed by atoms with Gasteiger partial charge < -0.3 is 15.4 Å². The van der Waals surface area contributed by atoms with E-state index in [0.29, 0.717) is 45.3 Å². The molecule has 1 fully saturated rings. The highest BCUT2D eigenvalue weighted by Gasteiger charge is 2.16. The molecule has 0 aliphatic heterocycles. The molecule has 3 aromatic rings. The number of rotatable bonds is 5. The van der Waals surface area contributed by atoms with Gasteiger partial charge in [-0.1, -0.05) is 12.8 Å². The first-order valence-electron chi connectivity index (χ1n) is 9.59. The van der Waals surface area contributed by atoms with Gasteiger partial charge in [0.15, 0.2) is 10.8 Å². The van der Waals surface area contributed by atoms with Crippen molar-refractivity contribution >= 4 is 51.6 Å². The molecule has 0 spiro atoms. The number of aromatic nitrogens is 3. The second kappa shape index (κ2) is 8.79. The topological polar surface area (TPSA) is 89.0 Å². The predicted molar refractivity (Wildman–Crippen MR) is 118 cm³/mol. The molecule has 150 valence electrons. The number of carbonyl (C=O) groups is 1. The summed E-state index contributed by atoms with van der Waals surface area (Å²) in [6.45, 7) is 2.13. The number of thiocarbonyl (C=S) groups is 1. The van der Waals surface area contributed by atoms with E-state index >= 15 is 0 Å². The second-order valence-electron chi connectivity index (χ2n) is 6.79. The summed E-state index contributed by atoms with van der Waals surface area (Å²) in [5.74, 6) is 0.294. The zero-order chi connectivity index (χ0) is 20.2. The molecule has 3 aromatic heterocycles. The summed E-state index contributed by atoms with van der Waals surface area (Å²) < 4.78 is 5.04. The van der Waals surface area contributed by atoms with Gasteiger partial charge >= 0.3 is 5.97 Å². The van der Waals surface area contributed by atoms with Gasteiger partial charge in [0, 0.05) is 17.0 Å². The Bertz CT molecular complexity index is 1050. The molecular weight excluding hydrogens is 406 g/mol. The second-order valence-corrected chi connectivity index (χ2v) is 8.11. The minimum Gasteiger partial charge on any atom is -0.462 e. The minimum atomic E-state index is -0.328. The Balaban J connectivity index is 1.52. The fourth-order valence-electron chi connectivity index (χ4n) is 3.29. The van der Waals surface area contributed by atoms with Crippen LogP contribution in [0.15, 0.2) is 29.8 Å². The zero-order valence-electron chi connectivity index (χ0n) is 16.0. The third-order valence-corrected chi connectivity index (χ3v) is 5.84. The first-order valence-corrected chi connectivity index (χ1v) is 10.9. The average Bonchev–Trinajstić information content (AvgIpc) is 3.39. The Hall–Kier alpha value is -2.65. The standard InChI is InChI=1S/C20H21N5O2S2/c1-2-27-19(26)16-9-12(11-29-16)15-10-21-14-7-8-17(24-18(14)23-15)25-20(28)22-13-5-3-4-6-13/h7-11,13H,2-6H2,1H3,(H2,22,23,24,25,28). The lowest BCUT2D eigenvalue weighted by molar-refractivity contribution is 0.0532. The van der Waals surface area contributed by atoms with Gasteiger partial charge in [0.25, 0.3) is 0 Å². The van der Waals surface area contributed by atoms with E-state index in [2.05, 4.69) is 25.6 Å². The molecule has 0 aromatic carbocycles. The van der Waals surface area contributed by atoms with Crippen LogP contribution in [-0.2, 0) is 4.74 Å². The van der Waals surface area contributed by atoms with Crippen LogP contribution < -0.4 is 10.6 Å². The summed E-state index contributed by atoms with van der Waals surface area (Å²) in [6, 6.07) is 5.90. The lowest BCUT2D eigenvalue weighted by atomic mass is 10.2. The Morgan fingerprint density at radius 2 is 2.14 bits per heavy atom. The van der Waals surface area contributed by atoms with Gasteiger partial charge in [-0.25, -0.2) is 14.8 Å². The summed E-state index contributed by atoms with van der Waals surface area (Å²) in [6.07, 6.45) is 6.47. The monoisotopic (exact) mass is 427 g/mol. The van der Waals surface area contributed by atoms with Gasteiger partial charge in [-0.05, 0) is 50.2 Å². The molecule has 1 saturated carbocycles. The number of hydrogen-bond donors (Lipinski definition) is 2. The van der Waals surface area contributed by atoms with Crippen molar-refractivity contribution in [3.05, 3.63) is 34.7 Å². The summed E-state index contributed by atoms with van der Waals surface area (Å²) in [4.78, 5) is 26.0. The highest BCUT2D eigenvalue weighted by molar-refractivity contribution is 7.80. The number of esters is 1. The molecule has 3 heterocycles. The SMILES string of the molecule is CCOC(=O)c1cc(-c2cnc3ccc(NC(=S)NC4CCCC4)nc3n2)cs1. The van der Waals surface area contributed by atoms with Gasteiger partial charge in [0.05, 0.1) is 18.5 Å². The number of nitrogens with zero attached hydrogens (tertiary/aromatic N) is 3. The van der Waals surface area contributed by atoms with Crippen LogP contribution in [0.1, 0.15) is 42.3 Å². The molecule has 1 aliphatic carbocycles. The van der Waals surface area contributed by atoms with E-state index in [1.807, 2.05) is 17.5 Å². The maximum Gasteiger partial charge on any atom is 0.348 e. The number of thiophene rings is 1. The summed E-state index contributed by atoms with van der Waals surface area (Å²) in [7, 11) is 0. The summed E-state index contributed by atoms with van der Waals surface area (Å²) >= 11 is 6.73. The third kappa shape index (κ3) is 4.68. The first-order chi connectivity index (χ1) is 14.1. The van der Waals surface area contributed by atoms with Crippen molar-refractivity contribution in [3.63, 3.8) is 0 Å². The van der Waals surface area contributed by atoms with Gasteiger partial charge in [-0.3, -0.25) is 4.98 Å². The van der Waals surface area contributed by atoms with E-state index in [1.54, 1.807) is 19.2 Å². The Morgan fingerprint density at radius 3 is 2.93 bits per heavy atom. The van der Waals surface area contributed by atoms with Crippen LogP contribution in [-0.4, -0.2) is 38.7 Å². The number of carbonyl (C=O) groups excluding carboxylic acids is 1. The van der Waals surface area contributed by atoms with E-state index < -0.39 is 0 Å². The van der Waals surface area contributed by atoms with E-state index in [-0.39, 0.29) is 5.97 Å². The zero-order valence-corrected chi connectivity index (χ0v) is 17.6. The maximum atomic E-state index is 11.9. The quantitative estimate of drug-likeness (QED) is 0.463. The van der Waals surface area contributed by atoms with Crippen molar-refractivity contribution < 1.29 is 9.53 Å². The van der Waals surface area contributed by atoms with Gasteiger partial charge in [0.2, 0.25) is 0 Å². The first kappa shape index (κ1) is 19.7. The maximum absolute atomic E-state index is 11.9. The molecule has 2 N–H and O–H groups in total. The molecular formula is C20H21N5O2S2.